The first-order chi connectivity index (χ1) is 36.1. The lowest BCUT2D eigenvalue weighted by atomic mass is 9.96. The molecule has 6 unspecified atom stereocenters. The molecule has 0 bridgehead atoms. The van der Waals surface area contributed by atoms with Crippen LogP contribution in [0.15, 0.2) is 187 Å². The van der Waals surface area contributed by atoms with E-state index < -0.39 is 61.4 Å². The molecule has 2 aliphatic heterocycles. The Kier molecular flexibility index (Phi) is 21.8. The van der Waals surface area contributed by atoms with Gasteiger partial charge in [0.05, 0.1) is 52.9 Å². The minimum Gasteiger partial charge on any atom is -0.385 e. The van der Waals surface area contributed by atoms with Crippen LogP contribution in [-0.2, 0) is 87.0 Å². The molecule has 0 spiro atoms. The molecule has 14 nitrogen and oxygen atoms in total. The fourth-order valence-corrected chi connectivity index (χ4v) is 8.88. The van der Waals surface area contributed by atoms with E-state index in [9.17, 15) is 5.11 Å². The molecule has 10 atom stereocenters. The summed E-state index contributed by atoms with van der Waals surface area (Å²) in [6.07, 6.45) is -7.59. The van der Waals surface area contributed by atoms with Crippen LogP contribution in [0.1, 0.15) is 52.6 Å². The number of hydrogen-bond donors (Lipinski definition) is 1. The highest BCUT2D eigenvalue weighted by Crippen LogP contribution is 2.36. The second-order valence-electron chi connectivity index (χ2n) is 18.1. The molecule has 1 N–H and O–H groups in total. The van der Waals surface area contributed by atoms with Gasteiger partial charge in [0.25, 0.3) is 0 Å². The quantitative estimate of drug-likeness (QED) is 0.0206. The molecule has 2 fully saturated rings. The van der Waals surface area contributed by atoms with Crippen LogP contribution in [-0.4, -0.2) is 92.9 Å². The average Bonchev–Trinajstić information content (AvgIpc) is 3.44. The molecule has 6 aromatic carbocycles. The van der Waals surface area contributed by atoms with E-state index in [2.05, 4.69) is 10.0 Å². The van der Waals surface area contributed by atoms with Crippen LogP contribution in [0, 0.1) is 0 Å². The van der Waals surface area contributed by atoms with E-state index in [0.717, 1.165) is 39.8 Å². The van der Waals surface area contributed by atoms with Gasteiger partial charge < -0.3 is 52.5 Å². The summed E-state index contributed by atoms with van der Waals surface area (Å²) in [4.78, 5) is 2.90. The first kappa shape index (κ1) is 53.5. The van der Waals surface area contributed by atoms with Gasteiger partial charge in [0.2, 0.25) is 0 Å². The molecule has 6 aromatic rings. The number of nitrogens with zero attached hydrogens (tertiary/aromatic N) is 3. The van der Waals surface area contributed by atoms with Crippen LogP contribution in [0.3, 0.4) is 0 Å². The molecule has 0 saturated carbocycles. The first-order valence-corrected chi connectivity index (χ1v) is 25.2. The van der Waals surface area contributed by atoms with E-state index in [1.165, 1.54) is 0 Å². The molecular weight excluding hydrogens is 927 g/mol. The van der Waals surface area contributed by atoms with Crippen molar-refractivity contribution in [3.8, 4) is 0 Å². The molecule has 0 amide bonds. The van der Waals surface area contributed by atoms with Crippen LogP contribution in [0.2, 0.25) is 0 Å². The number of ether oxygens (including phenoxy) is 10. The van der Waals surface area contributed by atoms with Crippen LogP contribution in [0.5, 0.6) is 0 Å². The maximum atomic E-state index is 12.7. The number of benzene rings is 6. The number of rotatable bonds is 29. The Morgan fingerprint density at radius 1 is 0.411 bits per heavy atom. The topological polar surface area (TPSA) is 161 Å². The van der Waals surface area contributed by atoms with E-state index in [1.807, 2.05) is 182 Å². The minimum absolute atomic E-state index is 0.0840. The maximum absolute atomic E-state index is 12.7. The van der Waals surface area contributed by atoms with Crippen LogP contribution in [0.25, 0.3) is 10.4 Å². The molecule has 0 radical (unpaired) electrons. The van der Waals surface area contributed by atoms with Gasteiger partial charge in [0, 0.05) is 18.1 Å². The monoisotopic (exact) mass is 993 g/mol. The van der Waals surface area contributed by atoms with Crippen molar-refractivity contribution in [1.29, 1.82) is 0 Å². The zero-order valence-electron chi connectivity index (χ0n) is 41.2. The molecule has 2 aliphatic rings. The van der Waals surface area contributed by atoms with Gasteiger partial charge in [-0.3, -0.25) is 0 Å². The summed E-state index contributed by atoms with van der Waals surface area (Å²) >= 11 is 0. The Morgan fingerprint density at radius 3 is 1.21 bits per heavy atom. The third kappa shape index (κ3) is 16.9. The largest absolute Gasteiger partial charge is 0.385 e. The molecule has 0 aliphatic carbocycles. The molecule has 8 rings (SSSR count). The molecule has 73 heavy (non-hydrogen) atoms. The van der Waals surface area contributed by atoms with Crippen molar-refractivity contribution < 1.29 is 52.5 Å². The van der Waals surface area contributed by atoms with Crippen molar-refractivity contribution >= 4 is 0 Å². The number of aliphatic hydroxyl groups excluding tert-OH is 1. The predicted molar refractivity (Wildman–Crippen MR) is 274 cm³/mol. The Balaban J connectivity index is 1.13. The van der Waals surface area contributed by atoms with Gasteiger partial charge >= 0.3 is 0 Å². The zero-order chi connectivity index (χ0) is 50.1. The number of hydrogen-bond acceptors (Lipinski definition) is 12. The summed E-state index contributed by atoms with van der Waals surface area (Å²) < 4.78 is 67.9. The van der Waals surface area contributed by atoms with Gasteiger partial charge in [-0.2, -0.15) is 0 Å². The molecular formula is C59H67N3O11. The van der Waals surface area contributed by atoms with Gasteiger partial charge in [-0.25, -0.2) is 0 Å². The number of unbranched alkanes of at least 4 members (excludes halogenated alkanes) is 2. The highest BCUT2D eigenvalue weighted by atomic mass is 16.8. The SMILES string of the molecule is [N-]=[N+]=NCCCCCO[C@H]1OC(COCc2ccccc2)[C@@H](OCc2ccccc2)C(OCc2ccccc2)C1O[C@H]1OC(COCc2ccccc2)[C@@H](OCc2ccccc2)C(OCc2ccccc2)C1O. The second-order valence-corrected chi connectivity index (χ2v) is 18.1. The van der Waals surface area contributed by atoms with E-state index in [-0.39, 0.29) is 46.2 Å². The minimum atomic E-state index is -1.39. The van der Waals surface area contributed by atoms with Gasteiger partial charge in [0.15, 0.2) is 12.6 Å². The first-order valence-electron chi connectivity index (χ1n) is 25.2. The number of aliphatic hydroxyl groups is 1. The molecule has 0 aromatic heterocycles. The Labute approximate surface area is 428 Å². The predicted octanol–water partition coefficient (Wildman–Crippen LogP) is 10.5. The van der Waals surface area contributed by atoms with E-state index >= 15 is 0 Å². The normalized spacial score (nSPS) is 23.9. The Bertz CT molecular complexity index is 2460. The Hall–Kier alpha value is -5.81. The van der Waals surface area contributed by atoms with E-state index in [1.54, 1.807) is 0 Å². The third-order valence-corrected chi connectivity index (χ3v) is 12.7. The van der Waals surface area contributed by atoms with Crippen molar-refractivity contribution in [2.24, 2.45) is 5.11 Å². The lowest BCUT2D eigenvalue weighted by Gasteiger charge is -2.49. The highest BCUT2D eigenvalue weighted by Gasteiger charge is 2.54. The van der Waals surface area contributed by atoms with Crippen molar-refractivity contribution in [3.05, 3.63) is 226 Å². The lowest BCUT2D eigenvalue weighted by molar-refractivity contribution is -0.379. The van der Waals surface area contributed by atoms with Crippen molar-refractivity contribution in [2.75, 3.05) is 26.4 Å². The van der Waals surface area contributed by atoms with Gasteiger partial charge in [-0.15, -0.1) is 0 Å². The van der Waals surface area contributed by atoms with Gasteiger partial charge in [-0.05, 0) is 51.8 Å². The fraction of sp³-hybridized carbons (Fsp3) is 0.390. The Morgan fingerprint density at radius 2 is 0.781 bits per heavy atom. The third-order valence-electron chi connectivity index (χ3n) is 12.7. The van der Waals surface area contributed by atoms with Crippen LogP contribution >= 0.6 is 0 Å². The zero-order valence-corrected chi connectivity index (χ0v) is 41.2. The summed E-state index contributed by atoms with van der Waals surface area (Å²) in [5.41, 5.74) is 14.6. The smallest absolute Gasteiger partial charge is 0.187 e. The van der Waals surface area contributed by atoms with Crippen LogP contribution in [0.4, 0.5) is 0 Å². The lowest BCUT2D eigenvalue weighted by Crippen LogP contribution is -2.66. The maximum Gasteiger partial charge on any atom is 0.187 e. The number of azide groups is 1. The second kappa shape index (κ2) is 29.8. The molecule has 2 heterocycles. The summed E-state index contributed by atoms with van der Waals surface area (Å²) in [5.74, 6) is 0. The standard InChI is InChI=1S/C59H67N3O11/c60-62-61-34-20-7-21-35-66-59-57(56(70-41-49-32-18-6-19-33-49)54(68-39-47-28-14-4-15-29-47)51(72-59)43-65-37-45-24-10-2-11-25-45)73-58-52(63)55(69-40-48-30-16-5-17-31-48)53(67-38-46-26-12-3-13-27-46)50(71-58)42-64-36-44-22-8-1-9-23-44/h1-6,8-19,22-33,50-59,63H,7,20-21,34-43H2/t50?,51?,52?,53-,54-,55?,56?,57?,58-,59+/m1/s1. The summed E-state index contributed by atoms with van der Waals surface area (Å²) in [5, 5.41) is 16.4. The molecule has 14 heteroatoms. The summed E-state index contributed by atoms with van der Waals surface area (Å²) in [7, 11) is 0. The van der Waals surface area contributed by atoms with Gasteiger partial charge in [0.1, 0.15) is 48.8 Å². The summed E-state index contributed by atoms with van der Waals surface area (Å²) in [6.45, 7) is 2.38. The highest BCUT2D eigenvalue weighted by molar-refractivity contribution is 5.18. The molecule has 2 saturated heterocycles. The molecule has 384 valence electrons. The van der Waals surface area contributed by atoms with E-state index in [4.69, 9.17) is 52.9 Å². The van der Waals surface area contributed by atoms with Gasteiger partial charge in [-0.1, -0.05) is 194 Å². The average molecular weight is 994 g/mol. The van der Waals surface area contributed by atoms with Crippen molar-refractivity contribution in [1.82, 2.24) is 0 Å². The summed E-state index contributed by atoms with van der Waals surface area (Å²) in [6, 6.07) is 59.3. The van der Waals surface area contributed by atoms with Crippen molar-refractivity contribution in [2.45, 2.75) is 120 Å². The fourth-order valence-electron chi connectivity index (χ4n) is 8.88. The van der Waals surface area contributed by atoms with Crippen molar-refractivity contribution in [3.63, 3.8) is 0 Å². The van der Waals surface area contributed by atoms with E-state index in [0.29, 0.717) is 32.6 Å². The van der Waals surface area contributed by atoms with Crippen LogP contribution < -0.4 is 0 Å².